The fourth-order valence-corrected chi connectivity index (χ4v) is 2.05. The molecule has 2 aromatic rings. The van der Waals surface area contributed by atoms with E-state index < -0.39 is 11.8 Å². The smallest absolute Gasteiger partial charge is 0.303 e. The molecular formula is C16H14FNO4. The topological polar surface area (TPSA) is 90.1 Å². The second-order valence-electron chi connectivity index (χ2n) is 4.68. The molecule has 0 aliphatic carbocycles. The highest BCUT2D eigenvalue weighted by Gasteiger charge is 2.12. The Hall–Kier alpha value is -2.89. The van der Waals surface area contributed by atoms with Crippen molar-refractivity contribution in [2.24, 2.45) is 5.16 Å². The van der Waals surface area contributed by atoms with E-state index in [9.17, 15) is 14.3 Å². The second-order valence-corrected chi connectivity index (χ2v) is 4.68. The van der Waals surface area contributed by atoms with Gasteiger partial charge < -0.3 is 15.4 Å². The summed E-state index contributed by atoms with van der Waals surface area (Å²) in [5, 5.41) is 29.9. The molecule has 0 atom stereocenters. The van der Waals surface area contributed by atoms with Crippen molar-refractivity contribution in [1.82, 2.24) is 0 Å². The Kier molecular flexibility index (Phi) is 4.73. The predicted octanol–water partition coefficient (Wildman–Crippen LogP) is 3.24. The van der Waals surface area contributed by atoms with Crippen LogP contribution in [0.5, 0.6) is 5.75 Å². The van der Waals surface area contributed by atoms with Crippen LogP contribution in [0, 0.1) is 5.82 Å². The van der Waals surface area contributed by atoms with Crippen molar-refractivity contribution in [3.05, 3.63) is 53.8 Å². The van der Waals surface area contributed by atoms with Gasteiger partial charge in [-0.3, -0.25) is 4.79 Å². The number of rotatable bonds is 5. The van der Waals surface area contributed by atoms with Crippen LogP contribution in [-0.2, 0) is 4.79 Å². The van der Waals surface area contributed by atoms with Crippen molar-refractivity contribution in [2.45, 2.75) is 12.8 Å². The zero-order valence-electron chi connectivity index (χ0n) is 11.5. The molecule has 2 rings (SSSR count). The van der Waals surface area contributed by atoms with Crippen LogP contribution in [0.15, 0.2) is 47.6 Å². The number of carbonyl (C=O) groups is 1. The minimum atomic E-state index is -1.03. The zero-order valence-corrected chi connectivity index (χ0v) is 11.5. The summed E-state index contributed by atoms with van der Waals surface area (Å²) in [6.07, 6.45) is -0.204. The average Bonchev–Trinajstić information content (AvgIpc) is 2.49. The molecule has 0 aliphatic rings. The molecule has 114 valence electrons. The number of hydrogen-bond donors (Lipinski definition) is 3. The van der Waals surface area contributed by atoms with E-state index in [1.165, 1.54) is 24.3 Å². The summed E-state index contributed by atoms with van der Waals surface area (Å²) in [7, 11) is 0. The Labute approximate surface area is 126 Å². The van der Waals surface area contributed by atoms with Gasteiger partial charge in [0, 0.05) is 17.5 Å². The van der Waals surface area contributed by atoms with E-state index in [0.29, 0.717) is 16.7 Å². The molecule has 0 aliphatic heterocycles. The summed E-state index contributed by atoms with van der Waals surface area (Å²) >= 11 is 0. The summed E-state index contributed by atoms with van der Waals surface area (Å²) in [5.74, 6) is -1.47. The first-order chi connectivity index (χ1) is 10.5. The van der Waals surface area contributed by atoms with E-state index in [0.717, 1.165) is 0 Å². The normalized spacial score (nSPS) is 11.4. The van der Waals surface area contributed by atoms with E-state index in [2.05, 4.69) is 5.16 Å². The van der Waals surface area contributed by atoms with Crippen LogP contribution in [0.25, 0.3) is 11.1 Å². The second kappa shape index (κ2) is 6.71. The number of nitrogens with zero attached hydrogens (tertiary/aromatic N) is 1. The molecule has 22 heavy (non-hydrogen) atoms. The van der Waals surface area contributed by atoms with Crippen LogP contribution in [-0.4, -0.2) is 27.1 Å². The maximum atomic E-state index is 14.2. The van der Waals surface area contributed by atoms with Gasteiger partial charge in [0.2, 0.25) is 0 Å². The lowest BCUT2D eigenvalue weighted by atomic mass is 9.99. The van der Waals surface area contributed by atoms with Crippen LogP contribution in [0.2, 0.25) is 0 Å². The number of aromatic hydroxyl groups is 1. The Bertz CT molecular complexity index is 711. The van der Waals surface area contributed by atoms with E-state index in [1.807, 2.05) is 0 Å². The van der Waals surface area contributed by atoms with E-state index in [-0.39, 0.29) is 24.3 Å². The summed E-state index contributed by atoms with van der Waals surface area (Å²) in [5.41, 5.74) is 1.36. The lowest BCUT2D eigenvalue weighted by Crippen LogP contribution is -2.06. The molecule has 0 saturated carbocycles. The Morgan fingerprint density at radius 3 is 2.32 bits per heavy atom. The SMILES string of the molecule is O=C(O)CCC(=NO)c1ccc(-c2ccc(O)cc2)c(F)c1. The number of benzene rings is 2. The number of aliphatic carboxylic acids is 1. The standard InChI is InChI=1S/C16H14FNO4/c17-14-9-11(15(18-22)7-8-16(20)21)3-6-13(14)10-1-4-12(19)5-2-10/h1-6,9,19,22H,7-8H2,(H,20,21). The van der Waals surface area contributed by atoms with Crippen LogP contribution in [0.3, 0.4) is 0 Å². The molecule has 0 radical (unpaired) electrons. The molecular weight excluding hydrogens is 289 g/mol. The third kappa shape index (κ3) is 3.60. The number of phenolic OH excluding ortho intramolecular Hbond substituents is 1. The van der Waals surface area contributed by atoms with E-state index >= 15 is 0 Å². The minimum absolute atomic E-state index is 0.00380. The number of carboxylic acids is 1. The molecule has 0 fully saturated rings. The number of carboxylic acid groups (broad SMARTS) is 1. The highest BCUT2D eigenvalue weighted by atomic mass is 19.1. The molecule has 3 N–H and O–H groups in total. The largest absolute Gasteiger partial charge is 0.508 e. The molecule has 0 unspecified atom stereocenters. The number of phenols is 1. The molecule has 0 bridgehead atoms. The van der Waals surface area contributed by atoms with E-state index in [1.54, 1.807) is 18.2 Å². The van der Waals surface area contributed by atoms with Gasteiger partial charge in [-0.25, -0.2) is 4.39 Å². The molecule has 5 nitrogen and oxygen atoms in total. The average molecular weight is 303 g/mol. The molecule has 0 saturated heterocycles. The van der Waals surface area contributed by atoms with Gasteiger partial charge in [-0.2, -0.15) is 0 Å². The first-order valence-electron chi connectivity index (χ1n) is 6.53. The van der Waals surface area contributed by atoms with Gasteiger partial charge >= 0.3 is 5.97 Å². The Morgan fingerprint density at radius 1 is 1.09 bits per heavy atom. The summed E-state index contributed by atoms with van der Waals surface area (Å²) in [4.78, 5) is 10.6. The van der Waals surface area contributed by atoms with Crippen molar-refractivity contribution in [2.75, 3.05) is 0 Å². The number of halogens is 1. The van der Waals surface area contributed by atoms with Gasteiger partial charge in [0.05, 0.1) is 12.1 Å². The Morgan fingerprint density at radius 2 is 1.77 bits per heavy atom. The van der Waals surface area contributed by atoms with Crippen molar-refractivity contribution in [1.29, 1.82) is 0 Å². The van der Waals surface area contributed by atoms with Crippen molar-refractivity contribution in [3.8, 4) is 16.9 Å². The van der Waals surface area contributed by atoms with E-state index in [4.69, 9.17) is 10.3 Å². The lowest BCUT2D eigenvalue weighted by molar-refractivity contribution is -0.136. The first kappa shape index (κ1) is 15.5. The molecule has 0 amide bonds. The van der Waals surface area contributed by atoms with Gasteiger partial charge in [-0.05, 0) is 23.8 Å². The molecule has 0 heterocycles. The molecule has 2 aromatic carbocycles. The van der Waals surface area contributed by atoms with Crippen LogP contribution in [0.4, 0.5) is 4.39 Å². The highest BCUT2D eigenvalue weighted by molar-refractivity contribution is 6.01. The Balaban J connectivity index is 2.29. The molecule has 6 heteroatoms. The van der Waals surface area contributed by atoms with Gasteiger partial charge in [0.1, 0.15) is 11.6 Å². The van der Waals surface area contributed by atoms with Gasteiger partial charge in [-0.1, -0.05) is 29.4 Å². The zero-order chi connectivity index (χ0) is 16.1. The molecule has 0 spiro atoms. The number of oxime groups is 1. The third-order valence-corrected chi connectivity index (χ3v) is 3.18. The third-order valence-electron chi connectivity index (χ3n) is 3.18. The van der Waals surface area contributed by atoms with Crippen molar-refractivity contribution < 1.29 is 24.6 Å². The van der Waals surface area contributed by atoms with Gasteiger partial charge in [-0.15, -0.1) is 0 Å². The maximum Gasteiger partial charge on any atom is 0.303 e. The first-order valence-corrected chi connectivity index (χ1v) is 6.53. The molecule has 0 aromatic heterocycles. The highest BCUT2D eigenvalue weighted by Crippen LogP contribution is 2.26. The lowest BCUT2D eigenvalue weighted by Gasteiger charge is -2.08. The fourth-order valence-electron chi connectivity index (χ4n) is 2.05. The monoisotopic (exact) mass is 303 g/mol. The van der Waals surface area contributed by atoms with Gasteiger partial charge in [0.25, 0.3) is 0 Å². The minimum Gasteiger partial charge on any atom is -0.508 e. The van der Waals surface area contributed by atoms with Crippen molar-refractivity contribution >= 4 is 11.7 Å². The van der Waals surface area contributed by atoms with Crippen LogP contribution < -0.4 is 0 Å². The number of hydrogen-bond acceptors (Lipinski definition) is 4. The quantitative estimate of drug-likeness (QED) is 0.449. The predicted molar refractivity (Wildman–Crippen MR) is 78.7 cm³/mol. The summed E-state index contributed by atoms with van der Waals surface area (Å²) in [6, 6.07) is 10.3. The van der Waals surface area contributed by atoms with Crippen LogP contribution in [0.1, 0.15) is 18.4 Å². The fraction of sp³-hybridized carbons (Fsp3) is 0.125. The maximum absolute atomic E-state index is 14.2. The summed E-state index contributed by atoms with van der Waals surface area (Å²) in [6.45, 7) is 0. The van der Waals surface area contributed by atoms with Gasteiger partial charge in [0.15, 0.2) is 0 Å². The summed E-state index contributed by atoms with van der Waals surface area (Å²) < 4.78 is 14.2. The van der Waals surface area contributed by atoms with Crippen molar-refractivity contribution in [3.63, 3.8) is 0 Å². The van der Waals surface area contributed by atoms with Crippen LogP contribution >= 0.6 is 0 Å².